The maximum absolute atomic E-state index is 13.1. The average Bonchev–Trinajstić information content (AvgIpc) is 3.09. The van der Waals surface area contributed by atoms with E-state index >= 15 is 0 Å². The molecule has 0 bridgehead atoms. The topological polar surface area (TPSA) is 84.7 Å². The number of aromatic nitrogens is 2. The van der Waals surface area contributed by atoms with Crippen LogP contribution in [0.2, 0.25) is 0 Å². The number of benzene rings is 1. The predicted octanol–water partition coefficient (Wildman–Crippen LogP) is 1.66. The minimum Gasteiger partial charge on any atom is -0.378 e. The van der Waals surface area contributed by atoms with Gasteiger partial charge in [-0.05, 0) is 18.2 Å². The Morgan fingerprint density at radius 1 is 1.16 bits per heavy atom. The van der Waals surface area contributed by atoms with Gasteiger partial charge in [0.15, 0.2) is 5.69 Å². The molecule has 1 aromatic carbocycles. The lowest BCUT2D eigenvalue weighted by molar-refractivity contribution is -0.137. The minimum absolute atomic E-state index is 0.0797. The fraction of sp³-hybridized carbons (Fsp3) is 0.474. The molecule has 3 heterocycles. The first-order valence-electron chi connectivity index (χ1n) is 9.68. The van der Waals surface area contributed by atoms with E-state index in [0.717, 1.165) is 28.2 Å². The molecule has 1 saturated heterocycles. The number of amides is 1. The number of alkyl halides is 3. The Kier molecular flexibility index (Phi) is 5.56. The van der Waals surface area contributed by atoms with E-state index in [1.807, 2.05) is 0 Å². The monoisotopic (exact) mass is 458 g/mol. The Labute approximate surface area is 177 Å². The van der Waals surface area contributed by atoms with Crippen LogP contribution in [-0.2, 0) is 40.9 Å². The summed E-state index contributed by atoms with van der Waals surface area (Å²) in [5, 5.41) is 4.32. The summed E-state index contributed by atoms with van der Waals surface area (Å²) >= 11 is 0. The summed E-state index contributed by atoms with van der Waals surface area (Å²) in [6.45, 7) is 1.60. The second-order valence-electron chi connectivity index (χ2n) is 7.42. The zero-order valence-electron chi connectivity index (χ0n) is 16.7. The van der Waals surface area contributed by atoms with Crippen molar-refractivity contribution < 1.29 is 31.1 Å². The smallest absolute Gasteiger partial charge is 0.378 e. The van der Waals surface area contributed by atoms with Crippen molar-refractivity contribution >= 4 is 15.9 Å². The number of carbonyl (C=O) groups is 1. The highest BCUT2D eigenvalue weighted by Gasteiger charge is 2.36. The molecular weight excluding hydrogens is 437 g/mol. The third-order valence-electron chi connectivity index (χ3n) is 5.51. The zero-order valence-corrected chi connectivity index (χ0v) is 17.5. The van der Waals surface area contributed by atoms with Gasteiger partial charge in [0.25, 0.3) is 5.91 Å². The number of carbonyl (C=O) groups excluding carboxylic acids is 1. The van der Waals surface area contributed by atoms with Crippen LogP contribution >= 0.6 is 0 Å². The molecule has 2 aliphatic heterocycles. The number of aryl methyl sites for hydroxylation is 1. The molecule has 168 valence electrons. The predicted molar refractivity (Wildman–Crippen MR) is 103 cm³/mol. The maximum atomic E-state index is 13.1. The third kappa shape index (κ3) is 4.06. The first kappa shape index (κ1) is 21.8. The van der Waals surface area contributed by atoms with Gasteiger partial charge in [-0.2, -0.15) is 22.6 Å². The summed E-state index contributed by atoms with van der Waals surface area (Å²) in [4.78, 5) is 14.1. The molecule has 2 aromatic rings. The molecular formula is C19H21F3N4O4S. The molecule has 1 fully saturated rings. The summed E-state index contributed by atoms with van der Waals surface area (Å²) in [7, 11) is -2.51. The SMILES string of the molecule is Cn1nc(C(=O)N2CCOCC2)c2c1CCN(S(=O)(=O)c1cccc(C(F)(F)F)c1)C2. The van der Waals surface area contributed by atoms with Crippen LogP contribution in [0.15, 0.2) is 29.2 Å². The van der Waals surface area contributed by atoms with E-state index < -0.39 is 26.7 Å². The average molecular weight is 458 g/mol. The summed E-state index contributed by atoms with van der Waals surface area (Å²) < 4.78 is 73.2. The minimum atomic E-state index is -4.65. The Hall–Kier alpha value is -2.44. The number of ether oxygens (including phenoxy) is 1. The maximum Gasteiger partial charge on any atom is 0.416 e. The zero-order chi connectivity index (χ0) is 22.4. The van der Waals surface area contributed by atoms with Crippen molar-refractivity contribution in [2.24, 2.45) is 7.05 Å². The molecule has 12 heteroatoms. The highest BCUT2D eigenvalue weighted by atomic mass is 32.2. The van der Waals surface area contributed by atoms with E-state index in [0.29, 0.717) is 44.4 Å². The third-order valence-corrected chi connectivity index (χ3v) is 7.35. The number of hydrogen-bond donors (Lipinski definition) is 0. The molecule has 8 nitrogen and oxygen atoms in total. The van der Waals surface area contributed by atoms with E-state index in [4.69, 9.17) is 4.74 Å². The molecule has 0 atom stereocenters. The first-order chi connectivity index (χ1) is 14.6. The number of sulfonamides is 1. The lowest BCUT2D eigenvalue weighted by atomic mass is 10.1. The second kappa shape index (κ2) is 7.92. The quantitative estimate of drug-likeness (QED) is 0.699. The van der Waals surface area contributed by atoms with E-state index in [9.17, 15) is 26.4 Å². The summed E-state index contributed by atoms with van der Waals surface area (Å²) in [5.74, 6) is -0.307. The largest absolute Gasteiger partial charge is 0.416 e. The number of fused-ring (bicyclic) bond motifs is 1. The van der Waals surface area contributed by atoms with Crippen LogP contribution < -0.4 is 0 Å². The van der Waals surface area contributed by atoms with Crippen molar-refractivity contribution in [1.29, 1.82) is 0 Å². The van der Waals surface area contributed by atoms with Crippen LogP contribution in [0, 0.1) is 0 Å². The lowest BCUT2D eigenvalue weighted by Crippen LogP contribution is -2.42. The molecule has 2 aliphatic rings. The Morgan fingerprint density at radius 3 is 2.55 bits per heavy atom. The van der Waals surface area contributed by atoms with Crippen molar-refractivity contribution in [1.82, 2.24) is 19.0 Å². The molecule has 0 saturated carbocycles. The van der Waals surface area contributed by atoms with E-state index in [1.165, 1.54) is 0 Å². The van der Waals surface area contributed by atoms with Crippen LogP contribution in [0.25, 0.3) is 0 Å². The molecule has 0 radical (unpaired) electrons. The number of hydrogen-bond acceptors (Lipinski definition) is 5. The van der Waals surface area contributed by atoms with Crippen molar-refractivity contribution in [3.8, 4) is 0 Å². The molecule has 4 rings (SSSR count). The number of morpholine rings is 1. The highest BCUT2D eigenvalue weighted by molar-refractivity contribution is 7.89. The Balaban J connectivity index is 1.65. The molecule has 31 heavy (non-hydrogen) atoms. The molecule has 1 aromatic heterocycles. The summed E-state index contributed by atoms with van der Waals surface area (Å²) in [5.41, 5.74) is 0.368. The number of nitrogens with zero attached hydrogens (tertiary/aromatic N) is 4. The van der Waals surface area contributed by atoms with Crippen molar-refractivity contribution in [3.63, 3.8) is 0 Å². The van der Waals surface area contributed by atoms with E-state index in [2.05, 4.69) is 5.10 Å². The molecule has 1 amide bonds. The van der Waals surface area contributed by atoms with Crippen molar-refractivity contribution in [2.75, 3.05) is 32.8 Å². The molecule has 0 spiro atoms. The van der Waals surface area contributed by atoms with Crippen LogP contribution in [0.4, 0.5) is 13.2 Å². The van der Waals surface area contributed by atoms with Crippen LogP contribution in [0.3, 0.4) is 0 Å². The van der Waals surface area contributed by atoms with Crippen molar-refractivity contribution in [2.45, 2.75) is 24.0 Å². The van der Waals surface area contributed by atoms with Gasteiger partial charge in [0.1, 0.15) is 0 Å². The standard InChI is InChI=1S/C19H21F3N4O4S/c1-24-16-5-6-26(31(28,29)14-4-2-3-13(11-14)19(20,21)22)12-15(16)17(23-24)18(27)25-7-9-30-10-8-25/h2-4,11H,5-10,12H2,1H3. The fourth-order valence-electron chi connectivity index (χ4n) is 3.84. The van der Waals surface area contributed by atoms with Gasteiger partial charge in [-0.3, -0.25) is 9.48 Å². The van der Waals surface area contributed by atoms with Gasteiger partial charge in [-0.15, -0.1) is 0 Å². The highest BCUT2D eigenvalue weighted by Crippen LogP contribution is 2.32. The van der Waals surface area contributed by atoms with Gasteiger partial charge in [0, 0.05) is 50.9 Å². The molecule has 0 unspecified atom stereocenters. The summed E-state index contributed by atoms with van der Waals surface area (Å²) in [6, 6.07) is 3.67. The molecule has 0 N–H and O–H groups in total. The van der Waals surface area contributed by atoms with Gasteiger partial charge in [0.05, 0.1) is 23.7 Å². The lowest BCUT2D eigenvalue weighted by Gasteiger charge is -2.29. The Bertz CT molecular complexity index is 1110. The Morgan fingerprint density at radius 2 is 1.87 bits per heavy atom. The summed E-state index contributed by atoms with van der Waals surface area (Å²) in [6.07, 6.45) is -4.35. The number of halogens is 3. The first-order valence-corrected chi connectivity index (χ1v) is 11.1. The van der Waals surface area contributed by atoms with Crippen LogP contribution in [0.1, 0.15) is 27.3 Å². The number of rotatable bonds is 3. The van der Waals surface area contributed by atoms with Crippen LogP contribution in [0.5, 0.6) is 0 Å². The fourth-order valence-corrected chi connectivity index (χ4v) is 5.30. The van der Waals surface area contributed by atoms with Crippen LogP contribution in [-0.4, -0.2) is 66.2 Å². The van der Waals surface area contributed by atoms with E-state index in [-0.39, 0.29) is 24.7 Å². The molecule has 0 aliphatic carbocycles. The van der Waals surface area contributed by atoms with Gasteiger partial charge < -0.3 is 9.64 Å². The van der Waals surface area contributed by atoms with Crippen molar-refractivity contribution in [3.05, 3.63) is 46.8 Å². The van der Waals surface area contributed by atoms with Gasteiger partial charge in [0.2, 0.25) is 10.0 Å². The normalized spacial score (nSPS) is 18.1. The van der Waals surface area contributed by atoms with Gasteiger partial charge in [-0.1, -0.05) is 6.07 Å². The van der Waals surface area contributed by atoms with Gasteiger partial charge >= 0.3 is 6.18 Å². The van der Waals surface area contributed by atoms with Gasteiger partial charge in [-0.25, -0.2) is 8.42 Å². The van der Waals surface area contributed by atoms with E-state index in [1.54, 1.807) is 16.6 Å². The second-order valence-corrected chi connectivity index (χ2v) is 9.35.